The van der Waals surface area contributed by atoms with E-state index in [4.69, 9.17) is 5.11 Å². The largest absolute Gasteiger partial charge is 0.396 e. The van der Waals surface area contributed by atoms with Crippen LogP contribution < -0.4 is 5.32 Å². The lowest BCUT2D eigenvalue weighted by Gasteiger charge is -2.21. The van der Waals surface area contributed by atoms with Crippen LogP contribution in [-0.2, 0) is 0 Å². The molecule has 0 fully saturated rings. The van der Waals surface area contributed by atoms with E-state index >= 15 is 0 Å². The zero-order valence-corrected chi connectivity index (χ0v) is 10.9. The second-order valence-electron chi connectivity index (χ2n) is 4.64. The third kappa shape index (κ3) is 3.28. The maximum atomic E-state index is 11.8. The molecule has 16 heavy (non-hydrogen) atoms. The average Bonchev–Trinajstić information content (AvgIpc) is 2.54. The molecule has 0 aliphatic carbocycles. The Balaban J connectivity index is 2.63. The summed E-state index contributed by atoms with van der Waals surface area (Å²) in [5.41, 5.74) is 0.200. The van der Waals surface area contributed by atoms with Crippen molar-refractivity contribution in [3.63, 3.8) is 0 Å². The monoisotopic (exact) mass is 242 g/mol. The number of nitrogens with zero attached hydrogens (tertiary/aromatic N) is 1. The highest BCUT2D eigenvalue weighted by atomic mass is 32.1. The van der Waals surface area contributed by atoms with Crippen molar-refractivity contribution in [3.8, 4) is 0 Å². The fourth-order valence-corrected chi connectivity index (χ4v) is 2.01. The minimum atomic E-state index is -0.297. The Morgan fingerprint density at radius 1 is 1.50 bits per heavy atom. The van der Waals surface area contributed by atoms with Gasteiger partial charge in [-0.3, -0.25) is 4.79 Å². The second kappa shape index (κ2) is 4.93. The Hall–Kier alpha value is -0.940. The molecule has 1 aromatic heterocycles. The first-order chi connectivity index (χ1) is 7.35. The zero-order chi connectivity index (χ0) is 12.3. The molecule has 0 radical (unpaired) electrons. The maximum Gasteiger partial charge on any atom is 0.271 e. The molecule has 0 aliphatic heterocycles. The first kappa shape index (κ1) is 13.1. The van der Waals surface area contributed by atoms with Gasteiger partial charge >= 0.3 is 0 Å². The van der Waals surface area contributed by atoms with Gasteiger partial charge < -0.3 is 10.4 Å². The molecule has 0 atom stereocenters. The van der Waals surface area contributed by atoms with Crippen LogP contribution in [0.5, 0.6) is 0 Å². The lowest BCUT2D eigenvalue weighted by Crippen LogP contribution is -2.36. The Kier molecular flexibility index (Phi) is 4.04. The Morgan fingerprint density at radius 3 is 2.56 bits per heavy atom. The number of aromatic nitrogens is 1. The van der Waals surface area contributed by atoms with Crippen LogP contribution in [0.15, 0.2) is 0 Å². The molecule has 0 aromatic carbocycles. The molecular weight excluding hydrogens is 224 g/mol. The van der Waals surface area contributed by atoms with Crippen molar-refractivity contribution in [2.45, 2.75) is 27.7 Å². The molecule has 0 saturated heterocycles. The maximum absolute atomic E-state index is 11.8. The first-order valence-corrected chi connectivity index (χ1v) is 6.00. The summed E-state index contributed by atoms with van der Waals surface area (Å²) in [5, 5.41) is 12.8. The molecule has 0 spiro atoms. The van der Waals surface area contributed by atoms with E-state index in [1.54, 1.807) is 0 Å². The quantitative estimate of drug-likeness (QED) is 0.841. The van der Waals surface area contributed by atoms with Gasteiger partial charge in [0.15, 0.2) is 0 Å². The van der Waals surface area contributed by atoms with E-state index in [1.807, 2.05) is 27.7 Å². The summed E-state index contributed by atoms with van der Waals surface area (Å²) in [6, 6.07) is 0. The minimum absolute atomic E-state index is 0.0440. The molecule has 1 aromatic rings. The van der Waals surface area contributed by atoms with Gasteiger partial charge in [0.1, 0.15) is 5.69 Å². The van der Waals surface area contributed by atoms with Crippen molar-refractivity contribution in [1.82, 2.24) is 10.3 Å². The molecule has 90 valence electrons. The average molecular weight is 242 g/mol. The fraction of sp³-hybridized carbons (Fsp3) is 0.636. The number of nitrogens with one attached hydrogen (secondary N) is 1. The van der Waals surface area contributed by atoms with Crippen LogP contribution in [0, 0.1) is 19.3 Å². The smallest absolute Gasteiger partial charge is 0.271 e. The predicted molar refractivity (Wildman–Crippen MR) is 64.8 cm³/mol. The van der Waals surface area contributed by atoms with Crippen molar-refractivity contribution >= 4 is 17.2 Å². The van der Waals surface area contributed by atoms with Gasteiger partial charge in [0.25, 0.3) is 5.91 Å². The molecule has 0 unspecified atom stereocenters. The summed E-state index contributed by atoms with van der Waals surface area (Å²) in [6.45, 7) is 8.04. The van der Waals surface area contributed by atoms with Crippen LogP contribution in [-0.4, -0.2) is 29.1 Å². The van der Waals surface area contributed by atoms with Crippen LogP contribution in [0.1, 0.15) is 34.2 Å². The van der Waals surface area contributed by atoms with Gasteiger partial charge in [-0.05, 0) is 13.8 Å². The van der Waals surface area contributed by atoms with Crippen LogP contribution in [0.25, 0.3) is 0 Å². The standard InChI is InChI=1S/C11H18N2O2S/c1-7-9(13-8(2)16-7)10(15)12-5-11(3,4)6-14/h14H,5-6H2,1-4H3,(H,12,15). The number of carbonyl (C=O) groups excluding carboxylic acids is 1. The highest BCUT2D eigenvalue weighted by molar-refractivity contribution is 7.11. The molecule has 1 rings (SSSR count). The van der Waals surface area contributed by atoms with Crippen LogP contribution in [0.4, 0.5) is 0 Å². The van der Waals surface area contributed by atoms with E-state index in [2.05, 4.69) is 10.3 Å². The fourth-order valence-electron chi connectivity index (χ4n) is 1.20. The Bertz CT molecular complexity index is 385. The van der Waals surface area contributed by atoms with Crippen molar-refractivity contribution in [2.75, 3.05) is 13.2 Å². The van der Waals surface area contributed by atoms with Gasteiger partial charge in [-0.2, -0.15) is 0 Å². The molecule has 0 aliphatic rings. The van der Waals surface area contributed by atoms with Crippen molar-refractivity contribution in [3.05, 3.63) is 15.6 Å². The van der Waals surface area contributed by atoms with Gasteiger partial charge in [0.2, 0.25) is 0 Å². The predicted octanol–water partition coefficient (Wildman–Crippen LogP) is 1.51. The normalized spacial score (nSPS) is 11.6. The molecule has 1 amide bonds. The van der Waals surface area contributed by atoms with Crippen molar-refractivity contribution < 1.29 is 9.90 Å². The van der Waals surface area contributed by atoms with E-state index in [-0.39, 0.29) is 17.9 Å². The van der Waals surface area contributed by atoms with Crippen LogP contribution in [0.2, 0.25) is 0 Å². The number of rotatable bonds is 4. The second-order valence-corrected chi connectivity index (χ2v) is 6.05. The van der Waals surface area contributed by atoms with Crippen LogP contribution in [0.3, 0.4) is 0 Å². The molecule has 1 heterocycles. The number of amides is 1. The number of carbonyl (C=O) groups is 1. The zero-order valence-electron chi connectivity index (χ0n) is 10.1. The Labute approximate surface area is 99.7 Å². The third-order valence-electron chi connectivity index (χ3n) is 2.27. The van der Waals surface area contributed by atoms with Gasteiger partial charge in [-0.15, -0.1) is 11.3 Å². The van der Waals surface area contributed by atoms with E-state index in [0.717, 1.165) is 9.88 Å². The van der Waals surface area contributed by atoms with E-state index in [1.165, 1.54) is 11.3 Å². The van der Waals surface area contributed by atoms with Gasteiger partial charge in [-0.1, -0.05) is 13.8 Å². The molecule has 5 heteroatoms. The summed E-state index contributed by atoms with van der Waals surface area (Å²) in [7, 11) is 0. The van der Waals surface area contributed by atoms with Gasteiger partial charge in [-0.25, -0.2) is 4.98 Å². The lowest BCUT2D eigenvalue weighted by atomic mass is 9.95. The lowest BCUT2D eigenvalue weighted by molar-refractivity contribution is 0.0906. The summed E-state index contributed by atoms with van der Waals surface area (Å²) < 4.78 is 0. The summed E-state index contributed by atoms with van der Waals surface area (Å²) >= 11 is 1.52. The molecular formula is C11H18N2O2S. The van der Waals surface area contributed by atoms with E-state index in [9.17, 15) is 4.79 Å². The summed E-state index contributed by atoms with van der Waals surface area (Å²) in [5.74, 6) is -0.164. The molecule has 2 N–H and O–H groups in total. The van der Waals surface area contributed by atoms with Gasteiger partial charge in [0.05, 0.1) is 5.01 Å². The first-order valence-electron chi connectivity index (χ1n) is 5.19. The molecule has 0 saturated carbocycles. The summed E-state index contributed by atoms with van der Waals surface area (Å²) in [4.78, 5) is 16.9. The topological polar surface area (TPSA) is 62.2 Å². The van der Waals surface area contributed by atoms with Crippen molar-refractivity contribution in [1.29, 1.82) is 0 Å². The highest BCUT2D eigenvalue weighted by Gasteiger charge is 2.20. The minimum Gasteiger partial charge on any atom is -0.396 e. The highest BCUT2D eigenvalue weighted by Crippen LogP contribution is 2.17. The van der Waals surface area contributed by atoms with E-state index < -0.39 is 0 Å². The number of aliphatic hydroxyl groups excluding tert-OH is 1. The van der Waals surface area contributed by atoms with Gasteiger partial charge in [0, 0.05) is 23.4 Å². The number of aliphatic hydroxyl groups is 1. The number of hydrogen-bond acceptors (Lipinski definition) is 4. The third-order valence-corrected chi connectivity index (χ3v) is 3.16. The van der Waals surface area contributed by atoms with E-state index in [0.29, 0.717) is 12.2 Å². The SMILES string of the molecule is Cc1nc(C(=O)NCC(C)(C)CO)c(C)s1. The number of thiazole rings is 1. The molecule has 4 nitrogen and oxygen atoms in total. The Morgan fingerprint density at radius 2 is 2.12 bits per heavy atom. The van der Waals surface area contributed by atoms with Crippen molar-refractivity contribution in [2.24, 2.45) is 5.41 Å². The summed E-state index contributed by atoms with van der Waals surface area (Å²) in [6.07, 6.45) is 0. The van der Waals surface area contributed by atoms with Crippen LogP contribution >= 0.6 is 11.3 Å². The number of aryl methyl sites for hydroxylation is 2. The number of hydrogen-bond donors (Lipinski definition) is 2. The molecule has 0 bridgehead atoms.